The third kappa shape index (κ3) is 3.51. The molecule has 2 heterocycles. The second kappa shape index (κ2) is 6.41. The molecule has 0 spiro atoms. The number of pyridine rings is 1. The Balaban J connectivity index is 1.70. The van der Waals surface area contributed by atoms with Crippen LogP contribution in [0.1, 0.15) is 31.2 Å². The van der Waals surface area contributed by atoms with Crippen molar-refractivity contribution in [3.05, 3.63) is 22.3 Å². The number of ether oxygens (including phenoxy) is 1. The Morgan fingerprint density at radius 3 is 2.75 bits per heavy atom. The van der Waals surface area contributed by atoms with Gasteiger partial charge in [0.15, 0.2) is 0 Å². The quantitative estimate of drug-likeness (QED) is 0.894. The molecular weight excluding hydrogens is 318 g/mol. The molecule has 5 heteroatoms. The second-order valence-electron chi connectivity index (χ2n) is 5.71. The standard InChI is InChI=1S/C15H22BrN3O/c1-20-14-4-6-19(7-5-14)15-11(8-12(16)10-18-15)9-17-13-2-3-13/h8,10,13-14,17H,2-7,9H2,1H3. The lowest BCUT2D eigenvalue weighted by Gasteiger charge is -2.33. The predicted molar refractivity (Wildman–Crippen MR) is 84.0 cm³/mol. The van der Waals surface area contributed by atoms with Crippen molar-refractivity contribution in [3.63, 3.8) is 0 Å². The zero-order chi connectivity index (χ0) is 13.9. The molecule has 1 aliphatic heterocycles. The molecule has 1 saturated carbocycles. The molecule has 3 rings (SSSR count). The van der Waals surface area contributed by atoms with Gasteiger partial charge in [0.2, 0.25) is 0 Å². The van der Waals surface area contributed by atoms with Crippen molar-refractivity contribution in [2.45, 2.75) is 44.4 Å². The minimum atomic E-state index is 0.412. The summed E-state index contributed by atoms with van der Waals surface area (Å²) in [5.41, 5.74) is 1.29. The van der Waals surface area contributed by atoms with Crippen LogP contribution in [0.2, 0.25) is 0 Å². The molecule has 0 amide bonds. The molecule has 1 aliphatic carbocycles. The summed E-state index contributed by atoms with van der Waals surface area (Å²) < 4.78 is 6.50. The van der Waals surface area contributed by atoms with E-state index < -0.39 is 0 Å². The number of nitrogens with one attached hydrogen (secondary N) is 1. The maximum Gasteiger partial charge on any atom is 0.133 e. The molecule has 1 N–H and O–H groups in total. The highest BCUT2D eigenvalue weighted by atomic mass is 79.9. The van der Waals surface area contributed by atoms with Crippen LogP contribution in [-0.4, -0.2) is 37.3 Å². The number of rotatable bonds is 5. The fourth-order valence-corrected chi connectivity index (χ4v) is 3.11. The van der Waals surface area contributed by atoms with Crippen LogP contribution in [0.5, 0.6) is 0 Å². The molecule has 2 fully saturated rings. The Labute approximate surface area is 129 Å². The molecule has 20 heavy (non-hydrogen) atoms. The first-order valence-electron chi connectivity index (χ1n) is 7.42. The molecule has 1 saturated heterocycles. The number of aromatic nitrogens is 1. The summed E-state index contributed by atoms with van der Waals surface area (Å²) in [5, 5.41) is 3.59. The molecule has 0 atom stereocenters. The number of halogens is 1. The van der Waals surface area contributed by atoms with Crippen LogP contribution in [0.15, 0.2) is 16.7 Å². The summed E-state index contributed by atoms with van der Waals surface area (Å²) >= 11 is 3.53. The van der Waals surface area contributed by atoms with Gasteiger partial charge in [-0.05, 0) is 47.7 Å². The van der Waals surface area contributed by atoms with Crippen LogP contribution in [-0.2, 0) is 11.3 Å². The van der Waals surface area contributed by atoms with Gasteiger partial charge in [-0.25, -0.2) is 4.98 Å². The topological polar surface area (TPSA) is 37.4 Å². The van der Waals surface area contributed by atoms with Gasteiger partial charge in [0.05, 0.1) is 6.10 Å². The van der Waals surface area contributed by atoms with Crippen molar-refractivity contribution in [2.24, 2.45) is 0 Å². The molecular formula is C15H22BrN3O. The normalized spacial score (nSPS) is 20.4. The van der Waals surface area contributed by atoms with Crippen molar-refractivity contribution >= 4 is 21.7 Å². The summed E-state index contributed by atoms with van der Waals surface area (Å²) in [5.74, 6) is 1.14. The van der Waals surface area contributed by atoms with Crippen LogP contribution in [0.4, 0.5) is 5.82 Å². The van der Waals surface area contributed by atoms with Gasteiger partial charge in [-0.3, -0.25) is 0 Å². The van der Waals surface area contributed by atoms with Crippen molar-refractivity contribution < 1.29 is 4.74 Å². The minimum absolute atomic E-state index is 0.412. The van der Waals surface area contributed by atoms with E-state index in [9.17, 15) is 0 Å². The highest BCUT2D eigenvalue weighted by molar-refractivity contribution is 9.10. The van der Waals surface area contributed by atoms with Gasteiger partial charge in [-0.2, -0.15) is 0 Å². The van der Waals surface area contributed by atoms with Crippen LogP contribution in [0, 0.1) is 0 Å². The lowest BCUT2D eigenvalue weighted by atomic mass is 10.1. The first kappa shape index (κ1) is 14.3. The second-order valence-corrected chi connectivity index (χ2v) is 6.63. The summed E-state index contributed by atoms with van der Waals surface area (Å²) in [6, 6.07) is 2.92. The van der Waals surface area contributed by atoms with Crippen LogP contribution < -0.4 is 10.2 Å². The smallest absolute Gasteiger partial charge is 0.133 e. The Kier molecular flexibility index (Phi) is 4.58. The minimum Gasteiger partial charge on any atom is -0.381 e. The van der Waals surface area contributed by atoms with E-state index in [2.05, 4.69) is 37.2 Å². The number of anilines is 1. The molecule has 0 bridgehead atoms. The van der Waals surface area contributed by atoms with E-state index in [0.29, 0.717) is 6.10 Å². The Hall–Kier alpha value is -0.650. The number of piperidine rings is 1. The summed E-state index contributed by atoms with van der Waals surface area (Å²) in [7, 11) is 1.81. The molecule has 0 unspecified atom stereocenters. The van der Waals surface area contributed by atoms with E-state index in [1.807, 2.05) is 13.3 Å². The SMILES string of the molecule is COC1CCN(c2ncc(Br)cc2CNC2CC2)CC1. The van der Waals surface area contributed by atoms with Gasteiger partial charge in [-0.15, -0.1) is 0 Å². The maximum atomic E-state index is 5.44. The molecule has 2 aliphatic rings. The average molecular weight is 340 g/mol. The fraction of sp³-hybridized carbons (Fsp3) is 0.667. The van der Waals surface area contributed by atoms with Gasteiger partial charge >= 0.3 is 0 Å². The van der Waals surface area contributed by atoms with E-state index >= 15 is 0 Å². The van der Waals surface area contributed by atoms with E-state index in [4.69, 9.17) is 4.74 Å². The van der Waals surface area contributed by atoms with Crippen molar-refractivity contribution in [2.75, 3.05) is 25.1 Å². The van der Waals surface area contributed by atoms with Crippen molar-refractivity contribution in [3.8, 4) is 0 Å². The Morgan fingerprint density at radius 1 is 1.35 bits per heavy atom. The number of hydrogen-bond donors (Lipinski definition) is 1. The van der Waals surface area contributed by atoms with E-state index in [0.717, 1.165) is 48.8 Å². The van der Waals surface area contributed by atoms with Crippen LogP contribution in [0.25, 0.3) is 0 Å². The highest BCUT2D eigenvalue weighted by Gasteiger charge is 2.24. The third-order valence-electron chi connectivity index (χ3n) is 4.14. The zero-order valence-electron chi connectivity index (χ0n) is 11.9. The van der Waals surface area contributed by atoms with Crippen LogP contribution >= 0.6 is 15.9 Å². The number of hydrogen-bond acceptors (Lipinski definition) is 4. The highest BCUT2D eigenvalue weighted by Crippen LogP contribution is 2.26. The molecule has 1 aromatic rings. The first-order valence-corrected chi connectivity index (χ1v) is 8.21. The average Bonchev–Trinajstić information content (AvgIpc) is 3.30. The first-order chi connectivity index (χ1) is 9.76. The van der Waals surface area contributed by atoms with Gasteiger partial charge in [0.1, 0.15) is 5.82 Å². The molecule has 110 valence electrons. The maximum absolute atomic E-state index is 5.44. The summed E-state index contributed by atoms with van der Waals surface area (Å²) in [6.45, 7) is 2.98. The summed E-state index contributed by atoms with van der Waals surface area (Å²) in [6.07, 6.45) is 7.12. The molecule has 1 aromatic heterocycles. The fourth-order valence-electron chi connectivity index (χ4n) is 2.73. The van der Waals surface area contributed by atoms with Gasteiger partial charge in [0, 0.05) is 49.0 Å². The summed E-state index contributed by atoms with van der Waals surface area (Å²) in [4.78, 5) is 7.04. The van der Waals surface area contributed by atoms with E-state index in [-0.39, 0.29) is 0 Å². The Bertz CT molecular complexity index is 456. The molecule has 0 aromatic carbocycles. The molecule has 0 radical (unpaired) electrons. The van der Waals surface area contributed by atoms with Gasteiger partial charge < -0.3 is 15.0 Å². The van der Waals surface area contributed by atoms with Crippen molar-refractivity contribution in [1.82, 2.24) is 10.3 Å². The van der Waals surface area contributed by atoms with Gasteiger partial charge in [0.25, 0.3) is 0 Å². The van der Waals surface area contributed by atoms with Crippen molar-refractivity contribution in [1.29, 1.82) is 0 Å². The lowest BCUT2D eigenvalue weighted by molar-refractivity contribution is 0.0817. The third-order valence-corrected chi connectivity index (χ3v) is 4.58. The molecule has 4 nitrogen and oxygen atoms in total. The number of methoxy groups -OCH3 is 1. The van der Waals surface area contributed by atoms with E-state index in [1.54, 1.807) is 0 Å². The number of nitrogens with zero attached hydrogens (tertiary/aromatic N) is 2. The van der Waals surface area contributed by atoms with E-state index in [1.165, 1.54) is 18.4 Å². The largest absolute Gasteiger partial charge is 0.381 e. The monoisotopic (exact) mass is 339 g/mol. The predicted octanol–water partition coefficient (Wildman–Crippen LogP) is 2.71. The van der Waals surface area contributed by atoms with Crippen LogP contribution in [0.3, 0.4) is 0 Å². The lowest BCUT2D eigenvalue weighted by Crippen LogP contribution is -2.38. The van der Waals surface area contributed by atoms with Gasteiger partial charge in [-0.1, -0.05) is 0 Å². The Morgan fingerprint density at radius 2 is 2.10 bits per heavy atom. The zero-order valence-corrected chi connectivity index (χ0v) is 13.5.